The summed E-state index contributed by atoms with van der Waals surface area (Å²) in [6, 6.07) is 8.53. The predicted molar refractivity (Wildman–Crippen MR) is 95.6 cm³/mol. The Morgan fingerprint density at radius 3 is 2.67 bits per heavy atom. The number of nitrogens with one attached hydrogen (secondary N) is 3. The molecule has 0 saturated heterocycles. The van der Waals surface area contributed by atoms with Crippen molar-refractivity contribution in [1.29, 1.82) is 0 Å². The fourth-order valence-corrected chi connectivity index (χ4v) is 2.91. The molecule has 1 aromatic heterocycles. The van der Waals surface area contributed by atoms with Crippen LogP contribution in [0.5, 0.6) is 0 Å². The molecular formula is C16H15ClN4O2S. The van der Waals surface area contributed by atoms with E-state index in [1.807, 2.05) is 12.1 Å². The zero-order valence-corrected chi connectivity index (χ0v) is 14.6. The third kappa shape index (κ3) is 3.42. The average Bonchev–Trinajstić information content (AvgIpc) is 2.92. The second kappa shape index (κ2) is 6.62. The number of rotatable bonds is 3. The maximum Gasteiger partial charge on any atom is 0.257 e. The van der Waals surface area contributed by atoms with E-state index in [1.165, 1.54) is 0 Å². The lowest BCUT2D eigenvalue weighted by atomic mass is 9.95. The molecule has 1 atom stereocenters. The summed E-state index contributed by atoms with van der Waals surface area (Å²) in [5, 5.41) is 13.7. The van der Waals surface area contributed by atoms with E-state index in [-0.39, 0.29) is 11.9 Å². The molecule has 0 saturated carbocycles. The fourth-order valence-electron chi connectivity index (χ4n) is 2.51. The first-order valence-corrected chi connectivity index (χ1v) is 8.01. The highest BCUT2D eigenvalue weighted by atomic mass is 35.5. The van der Waals surface area contributed by atoms with Gasteiger partial charge in [-0.15, -0.1) is 0 Å². The van der Waals surface area contributed by atoms with Crippen LogP contribution in [0.15, 0.2) is 46.1 Å². The second-order valence-electron chi connectivity index (χ2n) is 5.40. The van der Waals surface area contributed by atoms with Gasteiger partial charge in [0.05, 0.1) is 11.6 Å². The van der Waals surface area contributed by atoms with Gasteiger partial charge in [0.15, 0.2) is 10.9 Å². The normalized spacial score (nSPS) is 17.3. The van der Waals surface area contributed by atoms with Crippen LogP contribution in [-0.4, -0.2) is 16.2 Å². The zero-order valence-electron chi connectivity index (χ0n) is 13.0. The van der Waals surface area contributed by atoms with Crippen molar-refractivity contribution in [3.8, 4) is 0 Å². The van der Waals surface area contributed by atoms with Gasteiger partial charge in [-0.1, -0.05) is 28.9 Å². The van der Waals surface area contributed by atoms with Crippen molar-refractivity contribution in [1.82, 2.24) is 15.8 Å². The minimum Gasteiger partial charge on any atom is -0.360 e. The van der Waals surface area contributed by atoms with Gasteiger partial charge in [0.2, 0.25) is 0 Å². The molecule has 0 radical (unpaired) electrons. The topological polar surface area (TPSA) is 79.2 Å². The molecule has 1 aliphatic rings. The van der Waals surface area contributed by atoms with Gasteiger partial charge in [-0.3, -0.25) is 4.79 Å². The minimum atomic E-state index is -0.385. The molecule has 1 unspecified atom stereocenters. The van der Waals surface area contributed by atoms with Crippen molar-refractivity contribution < 1.29 is 9.32 Å². The van der Waals surface area contributed by atoms with Gasteiger partial charge in [0, 0.05) is 16.8 Å². The summed E-state index contributed by atoms with van der Waals surface area (Å²) >= 11 is 11.2. The number of thiocarbonyl (C=S) groups is 1. The van der Waals surface area contributed by atoms with Gasteiger partial charge in [-0.2, -0.15) is 0 Å². The summed E-state index contributed by atoms with van der Waals surface area (Å²) in [5.41, 5.74) is 2.08. The van der Waals surface area contributed by atoms with E-state index in [9.17, 15) is 4.79 Å². The van der Waals surface area contributed by atoms with Crippen LogP contribution in [0, 0.1) is 6.92 Å². The molecule has 3 N–H and O–H groups in total. The van der Waals surface area contributed by atoms with Gasteiger partial charge in [-0.05, 0) is 43.8 Å². The summed E-state index contributed by atoms with van der Waals surface area (Å²) in [4.78, 5) is 12.7. The van der Waals surface area contributed by atoms with E-state index in [4.69, 9.17) is 28.3 Å². The highest BCUT2D eigenvalue weighted by molar-refractivity contribution is 7.80. The number of hydrogen-bond acceptors (Lipinski definition) is 4. The minimum absolute atomic E-state index is 0.289. The Balaban J connectivity index is 1.94. The molecule has 124 valence electrons. The van der Waals surface area contributed by atoms with Crippen LogP contribution in [0.25, 0.3) is 0 Å². The lowest BCUT2D eigenvalue weighted by molar-refractivity contribution is -0.113. The fraction of sp³-hybridized carbons (Fsp3) is 0.188. The molecule has 8 heteroatoms. The maximum absolute atomic E-state index is 12.7. The number of carbonyl (C=O) groups excluding carboxylic acids is 1. The lowest BCUT2D eigenvalue weighted by Gasteiger charge is -2.30. The molecule has 0 bridgehead atoms. The van der Waals surface area contributed by atoms with Crippen molar-refractivity contribution in [2.45, 2.75) is 19.9 Å². The van der Waals surface area contributed by atoms with E-state index in [1.54, 1.807) is 32.0 Å². The first kappa shape index (κ1) is 16.5. The van der Waals surface area contributed by atoms with Gasteiger partial charge in [0.1, 0.15) is 5.76 Å². The monoisotopic (exact) mass is 362 g/mol. The van der Waals surface area contributed by atoms with E-state index >= 15 is 0 Å². The Morgan fingerprint density at radius 2 is 2.04 bits per heavy atom. The molecule has 0 aliphatic carbocycles. The number of hydrogen-bond donors (Lipinski definition) is 3. The molecule has 1 aliphatic heterocycles. The smallest absolute Gasteiger partial charge is 0.257 e. The van der Waals surface area contributed by atoms with Gasteiger partial charge in [0.25, 0.3) is 5.91 Å². The molecule has 2 aromatic rings. The van der Waals surface area contributed by atoms with Gasteiger partial charge >= 0.3 is 0 Å². The Bertz CT molecular complexity index is 829. The van der Waals surface area contributed by atoms with Crippen LogP contribution in [0.1, 0.15) is 24.3 Å². The number of allylic oxidation sites excluding steroid dienone is 1. The molecule has 2 heterocycles. The maximum atomic E-state index is 12.7. The Kier molecular flexibility index (Phi) is 4.55. The quantitative estimate of drug-likeness (QED) is 0.728. The molecule has 24 heavy (non-hydrogen) atoms. The first-order valence-electron chi connectivity index (χ1n) is 7.22. The number of aromatic nitrogens is 1. The number of benzene rings is 1. The van der Waals surface area contributed by atoms with Crippen molar-refractivity contribution in [3.05, 3.63) is 57.9 Å². The average molecular weight is 363 g/mol. The summed E-state index contributed by atoms with van der Waals surface area (Å²) in [7, 11) is 0. The number of nitrogens with zero attached hydrogens (tertiary/aromatic N) is 1. The van der Waals surface area contributed by atoms with Crippen LogP contribution in [0.3, 0.4) is 0 Å². The van der Waals surface area contributed by atoms with Crippen LogP contribution < -0.4 is 16.0 Å². The largest absolute Gasteiger partial charge is 0.360 e. The number of carbonyl (C=O) groups is 1. The van der Waals surface area contributed by atoms with Gasteiger partial charge < -0.3 is 20.5 Å². The van der Waals surface area contributed by atoms with Crippen molar-refractivity contribution >= 4 is 40.7 Å². The van der Waals surface area contributed by atoms with Gasteiger partial charge in [-0.25, -0.2) is 0 Å². The number of aryl methyl sites for hydroxylation is 1. The molecule has 3 rings (SSSR count). The Morgan fingerprint density at radius 1 is 1.33 bits per heavy atom. The number of amides is 1. The third-order valence-electron chi connectivity index (χ3n) is 3.59. The highest BCUT2D eigenvalue weighted by Crippen LogP contribution is 2.28. The summed E-state index contributed by atoms with van der Waals surface area (Å²) in [6.07, 6.45) is 0. The van der Waals surface area contributed by atoms with Crippen LogP contribution in [0.2, 0.25) is 5.02 Å². The predicted octanol–water partition coefficient (Wildman–Crippen LogP) is 3.07. The third-order valence-corrected chi connectivity index (χ3v) is 4.06. The summed E-state index contributed by atoms with van der Waals surface area (Å²) < 4.78 is 4.97. The van der Waals surface area contributed by atoms with E-state index in [2.05, 4.69) is 21.1 Å². The second-order valence-corrected chi connectivity index (χ2v) is 6.24. The summed E-state index contributed by atoms with van der Waals surface area (Å²) in [6.45, 7) is 3.56. The molecule has 0 spiro atoms. The standard InChI is InChI=1S/C16H15ClN4O2S/c1-8-7-12(21-23-8)19-15(22)13-9(2)18-16(24)20-14(13)10-3-5-11(17)6-4-10/h3-7,14H,1-2H3,(H2,18,20,24)(H,19,21,22). The van der Waals surface area contributed by atoms with E-state index in [0.717, 1.165) is 5.56 Å². The first-order chi connectivity index (χ1) is 11.4. The number of halogens is 1. The van der Waals surface area contributed by atoms with Crippen LogP contribution >= 0.6 is 23.8 Å². The number of anilines is 1. The highest BCUT2D eigenvalue weighted by Gasteiger charge is 2.30. The van der Waals surface area contributed by atoms with E-state index in [0.29, 0.717) is 33.0 Å². The van der Waals surface area contributed by atoms with E-state index < -0.39 is 0 Å². The molecule has 1 amide bonds. The molecule has 1 aromatic carbocycles. The lowest BCUT2D eigenvalue weighted by Crippen LogP contribution is -2.45. The van der Waals surface area contributed by atoms with Crippen molar-refractivity contribution in [2.24, 2.45) is 0 Å². The van der Waals surface area contributed by atoms with Crippen molar-refractivity contribution in [3.63, 3.8) is 0 Å². The Labute approximate surface area is 149 Å². The molecule has 6 nitrogen and oxygen atoms in total. The van der Waals surface area contributed by atoms with Crippen LogP contribution in [-0.2, 0) is 4.79 Å². The Hall–Kier alpha value is -2.38. The zero-order chi connectivity index (χ0) is 17.3. The van der Waals surface area contributed by atoms with Crippen molar-refractivity contribution in [2.75, 3.05) is 5.32 Å². The summed E-state index contributed by atoms with van der Waals surface area (Å²) in [5.74, 6) is 0.690. The molecule has 0 fully saturated rings. The molecular weight excluding hydrogens is 348 g/mol. The SMILES string of the molecule is CC1=C(C(=O)Nc2cc(C)on2)C(c2ccc(Cl)cc2)NC(=S)N1. The van der Waals surface area contributed by atoms with Crippen LogP contribution in [0.4, 0.5) is 5.82 Å².